The maximum absolute atomic E-state index is 12.7. The van der Waals surface area contributed by atoms with Gasteiger partial charge in [-0.2, -0.15) is 5.10 Å². The molecule has 0 atom stereocenters. The van der Waals surface area contributed by atoms with Gasteiger partial charge in [-0.1, -0.05) is 12.1 Å². The van der Waals surface area contributed by atoms with Gasteiger partial charge >= 0.3 is 0 Å². The molecule has 0 spiro atoms. The van der Waals surface area contributed by atoms with E-state index in [2.05, 4.69) is 16.5 Å². The molecule has 1 aliphatic heterocycles. The number of aryl methyl sites for hydroxylation is 2. The lowest BCUT2D eigenvalue weighted by molar-refractivity contribution is -0.121. The molecule has 2 aliphatic rings. The minimum atomic E-state index is -0.0474. The Morgan fingerprint density at radius 3 is 2.93 bits per heavy atom. The summed E-state index contributed by atoms with van der Waals surface area (Å²) in [6.45, 7) is 1.48. The third kappa shape index (κ3) is 4.30. The molecular weight excluding hydrogens is 344 g/mol. The van der Waals surface area contributed by atoms with E-state index in [-0.39, 0.29) is 11.8 Å². The van der Waals surface area contributed by atoms with Crippen molar-refractivity contribution in [3.8, 4) is 5.75 Å². The van der Waals surface area contributed by atoms with E-state index in [1.807, 2.05) is 12.1 Å². The van der Waals surface area contributed by atoms with Crippen molar-refractivity contribution < 1.29 is 14.3 Å². The molecule has 7 nitrogen and oxygen atoms in total. The molecule has 7 heteroatoms. The van der Waals surface area contributed by atoms with Crippen LogP contribution in [0.3, 0.4) is 0 Å². The largest absolute Gasteiger partial charge is 0.491 e. The quantitative estimate of drug-likeness (QED) is 0.871. The van der Waals surface area contributed by atoms with Crippen LogP contribution in [0.25, 0.3) is 0 Å². The Balaban J connectivity index is 1.44. The van der Waals surface area contributed by atoms with Gasteiger partial charge in [-0.25, -0.2) is 0 Å². The maximum atomic E-state index is 12.7. The third-order valence-corrected chi connectivity index (χ3v) is 4.93. The van der Waals surface area contributed by atoms with E-state index in [1.165, 1.54) is 0 Å². The van der Waals surface area contributed by atoms with E-state index in [9.17, 15) is 9.59 Å². The second-order valence-corrected chi connectivity index (χ2v) is 7.26. The number of aromatic nitrogens is 2. The van der Waals surface area contributed by atoms with Gasteiger partial charge in [0.05, 0.1) is 18.3 Å². The van der Waals surface area contributed by atoms with E-state index in [4.69, 9.17) is 4.74 Å². The molecule has 4 rings (SSSR count). The SMILES string of the molecule is Cn1cc(C(=O)N2CCOc3ccc(CCC(=O)NC4CC4)cc3C2)cn1. The molecule has 2 aromatic rings. The fraction of sp³-hybridized carbons (Fsp3) is 0.450. The minimum Gasteiger partial charge on any atom is -0.491 e. The topological polar surface area (TPSA) is 76.5 Å². The Labute approximate surface area is 158 Å². The summed E-state index contributed by atoms with van der Waals surface area (Å²) < 4.78 is 7.44. The Bertz CT molecular complexity index is 857. The molecule has 1 saturated carbocycles. The van der Waals surface area contributed by atoms with Crippen LogP contribution in [0.1, 0.15) is 40.7 Å². The number of ether oxygens (including phenoxy) is 1. The highest BCUT2D eigenvalue weighted by Gasteiger charge is 2.24. The number of rotatable bonds is 5. The second-order valence-electron chi connectivity index (χ2n) is 7.26. The van der Waals surface area contributed by atoms with Gasteiger partial charge in [0.15, 0.2) is 0 Å². The van der Waals surface area contributed by atoms with Gasteiger partial charge in [0, 0.05) is 37.8 Å². The number of nitrogens with zero attached hydrogens (tertiary/aromatic N) is 3. The highest BCUT2D eigenvalue weighted by molar-refractivity contribution is 5.93. The fourth-order valence-corrected chi connectivity index (χ4v) is 3.28. The Kier molecular flexibility index (Phi) is 4.83. The average Bonchev–Trinajstić information content (AvgIpc) is 3.40. The minimum absolute atomic E-state index is 0.0474. The summed E-state index contributed by atoms with van der Waals surface area (Å²) >= 11 is 0. The Morgan fingerprint density at radius 2 is 2.19 bits per heavy atom. The van der Waals surface area contributed by atoms with Gasteiger partial charge in [-0.3, -0.25) is 14.3 Å². The van der Waals surface area contributed by atoms with Crippen LogP contribution in [0.4, 0.5) is 0 Å². The van der Waals surface area contributed by atoms with Crippen LogP contribution in [-0.2, 0) is 24.8 Å². The number of carbonyl (C=O) groups excluding carboxylic acids is 2. The predicted octanol–water partition coefficient (Wildman–Crippen LogP) is 1.67. The standard InChI is InChI=1S/C20H24N4O3/c1-23-12-16(11-21-23)20(26)24-8-9-27-18-6-2-14(10-15(18)13-24)3-7-19(25)22-17-4-5-17/h2,6,10-12,17H,3-5,7-9,13H2,1H3,(H,22,25). The number of amides is 2. The fourth-order valence-electron chi connectivity index (χ4n) is 3.28. The summed E-state index contributed by atoms with van der Waals surface area (Å²) in [6.07, 6.45) is 6.68. The van der Waals surface area contributed by atoms with Crippen molar-refractivity contribution in [2.45, 2.75) is 38.3 Å². The molecular formula is C20H24N4O3. The molecule has 0 unspecified atom stereocenters. The summed E-state index contributed by atoms with van der Waals surface area (Å²) in [4.78, 5) is 26.4. The van der Waals surface area contributed by atoms with Crippen LogP contribution in [0, 0.1) is 0 Å². The van der Waals surface area contributed by atoms with Crippen LogP contribution in [-0.4, -0.2) is 45.7 Å². The van der Waals surface area contributed by atoms with E-state index in [0.29, 0.717) is 44.1 Å². The summed E-state index contributed by atoms with van der Waals surface area (Å²) in [5, 5.41) is 7.09. The van der Waals surface area contributed by atoms with Crippen molar-refractivity contribution in [3.05, 3.63) is 47.3 Å². The summed E-state index contributed by atoms with van der Waals surface area (Å²) in [5.74, 6) is 0.869. The van der Waals surface area contributed by atoms with E-state index in [1.54, 1.807) is 29.0 Å². The van der Waals surface area contributed by atoms with Crippen molar-refractivity contribution in [2.75, 3.05) is 13.2 Å². The van der Waals surface area contributed by atoms with Gasteiger partial charge < -0.3 is 15.0 Å². The highest BCUT2D eigenvalue weighted by Crippen LogP contribution is 2.26. The normalized spacial score (nSPS) is 16.3. The molecule has 1 aromatic heterocycles. The van der Waals surface area contributed by atoms with Gasteiger partial charge in [0.1, 0.15) is 12.4 Å². The van der Waals surface area contributed by atoms with Gasteiger partial charge in [-0.15, -0.1) is 0 Å². The lowest BCUT2D eigenvalue weighted by Gasteiger charge is -2.19. The number of fused-ring (bicyclic) bond motifs is 1. The van der Waals surface area contributed by atoms with Crippen molar-refractivity contribution in [2.24, 2.45) is 7.05 Å². The summed E-state index contributed by atoms with van der Waals surface area (Å²) in [7, 11) is 1.79. The van der Waals surface area contributed by atoms with Gasteiger partial charge in [0.2, 0.25) is 5.91 Å². The lowest BCUT2D eigenvalue weighted by Crippen LogP contribution is -2.32. The van der Waals surface area contributed by atoms with Gasteiger partial charge in [-0.05, 0) is 30.9 Å². The lowest BCUT2D eigenvalue weighted by atomic mass is 10.0. The first kappa shape index (κ1) is 17.6. The number of hydrogen-bond donors (Lipinski definition) is 1. The monoisotopic (exact) mass is 368 g/mol. The zero-order valence-electron chi connectivity index (χ0n) is 15.5. The summed E-state index contributed by atoms with van der Waals surface area (Å²) in [5.41, 5.74) is 2.64. The van der Waals surface area contributed by atoms with Crippen LogP contribution in [0.2, 0.25) is 0 Å². The van der Waals surface area contributed by atoms with Crippen LogP contribution >= 0.6 is 0 Å². The van der Waals surface area contributed by atoms with E-state index >= 15 is 0 Å². The van der Waals surface area contributed by atoms with E-state index in [0.717, 1.165) is 29.7 Å². The van der Waals surface area contributed by atoms with Crippen molar-refractivity contribution in [1.82, 2.24) is 20.0 Å². The number of hydrogen-bond acceptors (Lipinski definition) is 4. The highest BCUT2D eigenvalue weighted by atomic mass is 16.5. The van der Waals surface area contributed by atoms with Gasteiger partial charge in [0.25, 0.3) is 5.91 Å². The predicted molar refractivity (Wildman–Crippen MR) is 99.4 cm³/mol. The second kappa shape index (κ2) is 7.42. The molecule has 142 valence electrons. The number of nitrogens with one attached hydrogen (secondary N) is 1. The Hall–Kier alpha value is -2.83. The van der Waals surface area contributed by atoms with E-state index < -0.39 is 0 Å². The zero-order chi connectivity index (χ0) is 18.8. The molecule has 0 saturated heterocycles. The van der Waals surface area contributed by atoms with Crippen molar-refractivity contribution in [3.63, 3.8) is 0 Å². The maximum Gasteiger partial charge on any atom is 0.257 e. The van der Waals surface area contributed by atoms with Crippen LogP contribution < -0.4 is 10.1 Å². The first-order chi connectivity index (χ1) is 13.1. The smallest absolute Gasteiger partial charge is 0.257 e. The van der Waals surface area contributed by atoms with Crippen LogP contribution in [0.15, 0.2) is 30.6 Å². The first-order valence-corrected chi connectivity index (χ1v) is 9.40. The van der Waals surface area contributed by atoms with Crippen LogP contribution in [0.5, 0.6) is 5.75 Å². The van der Waals surface area contributed by atoms with Crippen molar-refractivity contribution >= 4 is 11.8 Å². The Morgan fingerprint density at radius 1 is 1.33 bits per heavy atom. The molecule has 2 amide bonds. The first-order valence-electron chi connectivity index (χ1n) is 9.40. The molecule has 27 heavy (non-hydrogen) atoms. The third-order valence-electron chi connectivity index (χ3n) is 4.93. The zero-order valence-corrected chi connectivity index (χ0v) is 15.5. The summed E-state index contributed by atoms with van der Waals surface area (Å²) in [6, 6.07) is 6.39. The average molecular weight is 368 g/mol. The molecule has 0 radical (unpaired) electrons. The molecule has 2 heterocycles. The molecule has 1 fully saturated rings. The molecule has 1 aliphatic carbocycles. The number of benzene rings is 1. The molecule has 1 aromatic carbocycles. The van der Waals surface area contributed by atoms with Crippen molar-refractivity contribution in [1.29, 1.82) is 0 Å². The molecule has 0 bridgehead atoms. The number of carbonyl (C=O) groups is 2. The molecule has 1 N–H and O–H groups in total.